The summed E-state index contributed by atoms with van der Waals surface area (Å²) in [6.07, 6.45) is 0. The predicted molar refractivity (Wildman–Crippen MR) is 181 cm³/mol. The van der Waals surface area contributed by atoms with Crippen molar-refractivity contribution in [2.75, 3.05) is 0 Å². The summed E-state index contributed by atoms with van der Waals surface area (Å²) in [5.74, 6) is 0. The lowest BCUT2D eigenvalue weighted by molar-refractivity contribution is 1.63. The van der Waals surface area contributed by atoms with Crippen molar-refractivity contribution in [1.29, 1.82) is 0 Å². The van der Waals surface area contributed by atoms with Crippen LogP contribution in [0, 0.1) is 0 Å². The van der Waals surface area contributed by atoms with Crippen molar-refractivity contribution >= 4 is 32.3 Å². The van der Waals surface area contributed by atoms with Crippen molar-refractivity contribution in [2.45, 2.75) is 0 Å². The van der Waals surface area contributed by atoms with Gasteiger partial charge in [0.25, 0.3) is 0 Å². The first-order valence-electron chi connectivity index (χ1n) is 14.5. The molecule has 0 saturated heterocycles. The average molecular weight is 533 g/mol. The lowest BCUT2D eigenvalue weighted by Crippen LogP contribution is -1.92. The highest BCUT2D eigenvalue weighted by molar-refractivity contribution is 6.22. The maximum atomic E-state index is 2.42. The van der Waals surface area contributed by atoms with Crippen LogP contribution in [0.3, 0.4) is 0 Å². The molecule has 42 heavy (non-hydrogen) atoms. The Labute approximate surface area is 246 Å². The Morgan fingerprint density at radius 3 is 1.17 bits per heavy atom. The molecule has 0 amide bonds. The van der Waals surface area contributed by atoms with Gasteiger partial charge in [0.05, 0.1) is 0 Å². The molecule has 0 fully saturated rings. The van der Waals surface area contributed by atoms with Gasteiger partial charge in [-0.2, -0.15) is 0 Å². The van der Waals surface area contributed by atoms with Gasteiger partial charge in [-0.15, -0.1) is 0 Å². The fraction of sp³-hybridized carbons (Fsp3) is 0. The monoisotopic (exact) mass is 532 g/mol. The fourth-order valence-electron chi connectivity index (χ4n) is 6.61. The molecule has 0 N–H and O–H groups in total. The summed E-state index contributed by atoms with van der Waals surface area (Å²) in [6.45, 7) is 0. The van der Waals surface area contributed by atoms with Crippen LogP contribution in [0.1, 0.15) is 0 Å². The number of hydrogen-bond donors (Lipinski definition) is 0. The van der Waals surface area contributed by atoms with Gasteiger partial charge in [-0.3, -0.25) is 0 Å². The van der Waals surface area contributed by atoms with Gasteiger partial charge >= 0.3 is 0 Å². The van der Waals surface area contributed by atoms with E-state index in [1.165, 1.54) is 76.8 Å². The number of hydrogen-bond acceptors (Lipinski definition) is 0. The summed E-state index contributed by atoms with van der Waals surface area (Å²) in [5.41, 5.74) is 10.0. The summed E-state index contributed by atoms with van der Waals surface area (Å²) < 4.78 is 0. The third kappa shape index (κ3) is 4.00. The third-order valence-corrected chi connectivity index (χ3v) is 8.47. The average Bonchev–Trinajstić information content (AvgIpc) is 3.07. The fourth-order valence-corrected chi connectivity index (χ4v) is 6.61. The highest BCUT2D eigenvalue weighted by Gasteiger charge is 2.18. The van der Waals surface area contributed by atoms with Crippen molar-refractivity contribution < 1.29 is 0 Å². The largest absolute Gasteiger partial charge is 0.0622 e. The molecule has 0 aliphatic heterocycles. The van der Waals surface area contributed by atoms with E-state index in [1.54, 1.807) is 0 Å². The Kier molecular flexibility index (Phi) is 5.90. The molecule has 0 unspecified atom stereocenters. The molecule has 0 radical (unpaired) electrons. The standard InChI is InChI=1S/C42H28/c1-4-14-29(15-5-1)33-22-12-25-36-34(23-13-24-35(33)36)32-26-27-39-40(28-32)42(31-18-8-3-9-19-31)38-21-11-10-20-37(38)41(39)30-16-6-2-7-17-30/h1-28H. The second-order valence-electron chi connectivity index (χ2n) is 10.9. The van der Waals surface area contributed by atoms with E-state index in [9.17, 15) is 0 Å². The highest BCUT2D eigenvalue weighted by Crippen LogP contribution is 2.45. The number of fused-ring (bicyclic) bond motifs is 3. The second-order valence-corrected chi connectivity index (χ2v) is 10.9. The molecule has 0 spiro atoms. The Morgan fingerprint density at radius 1 is 0.214 bits per heavy atom. The van der Waals surface area contributed by atoms with Crippen LogP contribution >= 0.6 is 0 Å². The first-order chi connectivity index (χ1) is 20.9. The second kappa shape index (κ2) is 10.2. The Hall–Kier alpha value is -5.46. The first kappa shape index (κ1) is 24.3. The van der Waals surface area contributed by atoms with E-state index in [0.29, 0.717) is 0 Å². The molecule has 0 heteroatoms. The predicted octanol–water partition coefficient (Wildman–Crippen LogP) is 11.8. The molecule has 0 saturated carbocycles. The van der Waals surface area contributed by atoms with Crippen LogP contribution in [0.15, 0.2) is 170 Å². The van der Waals surface area contributed by atoms with Crippen LogP contribution in [0.2, 0.25) is 0 Å². The van der Waals surface area contributed by atoms with Crippen LogP contribution in [0.25, 0.3) is 76.8 Å². The maximum Gasteiger partial charge on any atom is -0.00262 e. The molecule has 0 heterocycles. The zero-order valence-electron chi connectivity index (χ0n) is 23.2. The molecule has 0 nitrogen and oxygen atoms in total. The molecule has 0 aromatic heterocycles. The maximum absolute atomic E-state index is 2.42. The summed E-state index contributed by atoms with van der Waals surface area (Å²) in [6, 6.07) is 61.7. The van der Waals surface area contributed by atoms with Gasteiger partial charge in [-0.25, -0.2) is 0 Å². The highest BCUT2D eigenvalue weighted by atomic mass is 14.2. The van der Waals surface area contributed by atoms with Crippen molar-refractivity contribution in [1.82, 2.24) is 0 Å². The van der Waals surface area contributed by atoms with Crippen molar-refractivity contribution in [2.24, 2.45) is 0 Å². The molecule has 0 atom stereocenters. The van der Waals surface area contributed by atoms with Crippen LogP contribution in [-0.4, -0.2) is 0 Å². The summed E-state index contributed by atoms with van der Waals surface area (Å²) in [5, 5.41) is 7.63. The van der Waals surface area contributed by atoms with Gasteiger partial charge in [0.2, 0.25) is 0 Å². The lowest BCUT2D eigenvalue weighted by Gasteiger charge is -2.19. The normalized spacial score (nSPS) is 11.3. The van der Waals surface area contributed by atoms with E-state index in [1.807, 2.05) is 0 Å². The number of rotatable bonds is 4. The Bertz CT molecular complexity index is 2210. The summed E-state index contributed by atoms with van der Waals surface area (Å²) >= 11 is 0. The Morgan fingerprint density at radius 2 is 0.619 bits per heavy atom. The van der Waals surface area contributed by atoms with Crippen LogP contribution in [-0.2, 0) is 0 Å². The van der Waals surface area contributed by atoms with Gasteiger partial charge in [0.15, 0.2) is 0 Å². The molecular formula is C42H28. The van der Waals surface area contributed by atoms with E-state index in [-0.39, 0.29) is 0 Å². The van der Waals surface area contributed by atoms with Gasteiger partial charge < -0.3 is 0 Å². The smallest absolute Gasteiger partial charge is 0.00262 e. The summed E-state index contributed by atoms with van der Waals surface area (Å²) in [4.78, 5) is 0. The van der Waals surface area contributed by atoms with E-state index in [4.69, 9.17) is 0 Å². The van der Waals surface area contributed by atoms with E-state index in [0.717, 1.165) is 0 Å². The van der Waals surface area contributed by atoms with Gasteiger partial charge in [-0.1, -0.05) is 164 Å². The molecule has 0 aliphatic carbocycles. The third-order valence-electron chi connectivity index (χ3n) is 8.47. The first-order valence-corrected chi connectivity index (χ1v) is 14.5. The number of benzene rings is 8. The SMILES string of the molecule is c1ccc(-c2cccc3c(-c4ccc5c(-c6ccccc6)c6ccccc6c(-c6ccccc6)c5c4)cccc23)cc1. The van der Waals surface area contributed by atoms with E-state index >= 15 is 0 Å². The van der Waals surface area contributed by atoms with Crippen molar-refractivity contribution in [3.63, 3.8) is 0 Å². The lowest BCUT2D eigenvalue weighted by atomic mass is 9.84. The molecule has 0 bridgehead atoms. The van der Waals surface area contributed by atoms with Gasteiger partial charge in [0, 0.05) is 0 Å². The van der Waals surface area contributed by atoms with Crippen LogP contribution in [0.5, 0.6) is 0 Å². The van der Waals surface area contributed by atoms with E-state index in [2.05, 4.69) is 170 Å². The minimum absolute atomic E-state index is 1.23. The molecule has 8 rings (SSSR count). The van der Waals surface area contributed by atoms with Crippen molar-refractivity contribution in [3.05, 3.63) is 170 Å². The van der Waals surface area contributed by atoms with Gasteiger partial charge in [0.1, 0.15) is 0 Å². The minimum atomic E-state index is 1.23. The zero-order valence-corrected chi connectivity index (χ0v) is 23.2. The molecule has 8 aromatic rings. The van der Waals surface area contributed by atoms with E-state index < -0.39 is 0 Å². The molecular weight excluding hydrogens is 504 g/mol. The van der Waals surface area contributed by atoms with Crippen LogP contribution in [0.4, 0.5) is 0 Å². The Balaban J connectivity index is 1.46. The quantitative estimate of drug-likeness (QED) is 0.198. The summed E-state index contributed by atoms with van der Waals surface area (Å²) in [7, 11) is 0. The minimum Gasteiger partial charge on any atom is -0.0622 e. The zero-order chi connectivity index (χ0) is 27.9. The van der Waals surface area contributed by atoms with Gasteiger partial charge in [-0.05, 0) is 82.9 Å². The molecule has 0 aliphatic rings. The molecule has 196 valence electrons. The molecule has 8 aromatic carbocycles. The van der Waals surface area contributed by atoms with Crippen LogP contribution < -0.4 is 0 Å². The topological polar surface area (TPSA) is 0 Å². The van der Waals surface area contributed by atoms with Crippen molar-refractivity contribution in [3.8, 4) is 44.5 Å².